The van der Waals surface area contributed by atoms with Crippen molar-refractivity contribution >= 4 is 17.0 Å². The Hall–Kier alpha value is -1.83. The van der Waals surface area contributed by atoms with Gasteiger partial charge in [0, 0.05) is 30.3 Å². The number of nitrogens with zero attached hydrogens (tertiary/aromatic N) is 2. The summed E-state index contributed by atoms with van der Waals surface area (Å²) in [6.07, 6.45) is 0.921. The summed E-state index contributed by atoms with van der Waals surface area (Å²) in [4.78, 5) is 14.5. The summed E-state index contributed by atoms with van der Waals surface area (Å²) >= 11 is 1.54. The number of benzene rings is 1. The summed E-state index contributed by atoms with van der Waals surface area (Å²) in [6.45, 7) is 4.24. The van der Waals surface area contributed by atoms with Crippen molar-refractivity contribution < 1.29 is 10.0 Å². The third kappa shape index (κ3) is 3.84. The average Bonchev–Trinajstić information content (AvgIpc) is 3.00. The van der Waals surface area contributed by atoms with Gasteiger partial charge in [-0.15, -0.1) is 11.3 Å². The Morgan fingerprint density at radius 3 is 2.90 bits per heavy atom. The maximum Gasteiger partial charge on any atom is 0.269 e. The van der Waals surface area contributed by atoms with Gasteiger partial charge < -0.3 is 10.4 Å². The summed E-state index contributed by atoms with van der Waals surface area (Å²) in [5.74, 6) is 0. The molecule has 2 N–H and O–H groups in total. The molecule has 0 aliphatic carbocycles. The van der Waals surface area contributed by atoms with Crippen LogP contribution in [-0.2, 0) is 5.54 Å². The molecule has 112 valence electrons. The molecule has 1 atom stereocenters. The fourth-order valence-corrected chi connectivity index (χ4v) is 2.66. The quantitative estimate of drug-likeness (QED) is 0.632. The van der Waals surface area contributed by atoms with Gasteiger partial charge in [0.1, 0.15) is 5.01 Å². The second kappa shape index (κ2) is 6.30. The zero-order valence-corrected chi connectivity index (χ0v) is 12.6. The van der Waals surface area contributed by atoms with E-state index in [1.165, 1.54) is 23.5 Å². The summed E-state index contributed by atoms with van der Waals surface area (Å²) in [5.41, 5.74) is 0.132. The van der Waals surface area contributed by atoms with Crippen molar-refractivity contribution in [1.82, 2.24) is 10.3 Å². The average molecular weight is 307 g/mol. The largest absolute Gasteiger partial charge is 0.387 e. The van der Waals surface area contributed by atoms with Crippen molar-refractivity contribution in [2.45, 2.75) is 25.5 Å². The number of thiazole rings is 1. The maximum atomic E-state index is 10.7. The molecule has 6 nitrogen and oxygen atoms in total. The van der Waals surface area contributed by atoms with Gasteiger partial charge in [0.2, 0.25) is 0 Å². The highest BCUT2D eigenvalue weighted by molar-refractivity contribution is 7.09. The Bertz CT molecular complexity index is 614. The second-order valence-electron chi connectivity index (χ2n) is 5.21. The van der Waals surface area contributed by atoms with Crippen LogP contribution in [-0.4, -0.2) is 21.6 Å². The molecule has 1 unspecified atom stereocenters. The number of nitro benzene ring substituents is 1. The van der Waals surface area contributed by atoms with Crippen LogP contribution in [0, 0.1) is 10.1 Å². The van der Waals surface area contributed by atoms with E-state index in [4.69, 9.17) is 0 Å². The smallest absolute Gasteiger partial charge is 0.269 e. The Labute approximate surface area is 126 Å². The molecule has 0 saturated carbocycles. The number of non-ortho nitro benzene ring substituents is 1. The van der Waals surface area contributed by atoms with Crippen LogP contribution in [0.15, 0.2) is 35.8 Å². The van der Waals surface area contributed by atoms with Gasteiger partial charge in [0.15, 0.2) is 0 Å². The third-order valence-corrected chi connectivity index (χ3v) is 4.27. The van der Waals surface area contributed by atoms with Gasteiger partial charge in [-0.05, 0) is 19.4 Å². The van der Waals surface area contributed by atoms with Crippen LogP contribution < -0.4 is 5.32 Å². The van der Waals surface area contributed by atoms with Crippen LogP contribution in [0.25, 0.3) is 0 Å². The summed E-state index contributed by atoms with van der Waals surface area (Å²) in [6, 6.07) is 6.05. The van der Waals surface area contributed by atoms with Gasteiger partial charge in [-0.3, -0.25) is 10.1 Å². The molecule has 0 aliphatic heterocycles. The van der Waals surface area contributed by atoms with E-state index in [-0.39, 0.29) is 17.8 Å². The van der Waals surface area contributed by atoms with E-state index in [9.17, 15) is 15.2 Å². The minimum atomic E-state index is -0.816. The predicted octanol–water partition coefficient (Wildman–Crippen LogP) is 2.61. The van der Waals surface area contributed by atoms with Crippen molar-refractivity contribution in [3.05, 3.63) is 56.5 Å². The van der Waals surface area contributed by atoms with Crippen LogP contribution in [0.5, 0.6) is 0 Å². The topological polar surface area (TPSA) is 88.3 Å². The first-order valence-electron chi connectivity index (χ1n) is 6.47. The molecule has 0 saturated heterocycles. The van der Waals surface area contributed by atoms with E-state index in [0.29, 0.717) is 5.56 Å². The molecule has 0 aliphatic rings. The van der Waals surface area contributed by atoms with Gasteiger partial charge in [-0.25, -0.2) is 4.98 Å². The first-order chi connectivity index (χ1) is 9.90. The number of hydrogen-bond donors (Lipinski definition) is 2. The van der Waals surface area contributed by atoms with E-state index >= 15 is 0 Å². The van der Waals surface area contributed by atoms with Gasteiger partial charge in [-0.1, -0.05) is 12.1 Å². The number of hydrogen-bond acceptors (Lipinski definition) is 6. The molecule has 7 heteroatoms. The van der Waals surface area contributed by atoms with Crippen LogP contribution >= 0.6 is 11.3 Å². The van der Waals surface area contributed by atoms with E-state index in [1.807, 2.05) is 19.2 Å². The Morgan fingerprint density at radius 1 is 1.52 bits per heavy atom. The van der Waals surface area contributed by atoms with Crippen molar-refractivity contribution in [2.75, 3.05) is 6.54 Å². The zero-order valence-electron chi connectivity index (χ0n) is 11.8. The van der Waals surface area contributed by atoms with E-state index in [1.54, 1.807) is 18.3 Å². The van der Waals surface area contributed by atoms with E-state index in [0.717, 1.165) is 5.01 Å². The van der Waals surface area contributed by atoms with E-state index < -0.39 is 11.0 Å². The lowest BCUT2D eigenvalue weighted by Crippen LogP contribution is -2.39. The third-order valence-electron chi connectivity index (χ3n) is 3.17. The zero-order chi connectivity index (χ0) is 15.5. The van der Waals surface area contributed by atoms with Crippen LogP contribution in [0.3, 0.4) is 0 Å². The molecular formula is C14H17N3O3S. The molecule has 0 fully saturated rings. The monoisotopic (exact) mass is 307 g/mol. The van der Waals surface area contributed by atoms with Crippen molar-refractivity contribution in [3.8, 4) is 0 Å². The molecule has 1 heterocycles. The van der Waals surface area contributed by atoms with Gasteiger partial charge in [0.05, 0.1) is 16.6 Å². The standard InChI is InChI=1S/C14H17N3O3S/c1-14(2,13-15-6-7-21-13)16-9-12(18)10-4-3-5-11(8-10)17(19)20/h3-8,12,16,18H,9H2,1-2H3. The molecule has 2 rings (SSSR count). The van der Waals surface area contributed by atoms with Gasteiger partial charge >= 0.3 is 0 Å². The van der Waals surface area contributed by atoms with Crippen molar-refractivity contribution in [1.29, 1.82) is 0 Å². The number of aromatic nitrogens is 1. The van der Waals surface area contributed by atoms with Crippen LogP contribution in [0.1, 0.15) is 30.5 Å². The Balaban J connectivity index is 2.03. The molecule has 21 heavy (non-hydrogen) atoms. The lowest BCUT2D eigenvalue weighted by atomic mass is 10.0. The molecule has 0 amide bonds. The number of aliphatic hydroxyl groups excluding tert-OH is 1. The number of rotatable bonds is 6. The number of nitrogens with one attached hydrogen (secondary N) is 1. The molecule has 0 radical (unpaired) electrons. The second-order valence-corrected chi connectivity index (χ2v) is 6.11. The van der Waals surface area contributed by atoms with Gasteiger partial charge in [-0.2, -0.15) is 0 Å². The van der Waals surface area contributed by atoms with Crippen molar-refractivity contribution in [3.63, 3.8) is 0 Å². The Morgan fingerprint density at radius 2 is 2.29 bits per heavy atom. The number of nitro groups is 1. The summed E-state index contributed by atoms with van der Waals surface area (Å²) in [7, 11) is 0. The van der Waals surface area contributed by atoms with Gasteiger partial charge in [0.25, 0.3) is 5.69 Å². The van der Waals surface area contributed by atoms with Crippen LogP contribution in [0.2, 0.25) is 0 Å². The van der Waals surface area contributed by atoms with Crippen LogP contribution in [0.4, 0.5) is 5.69 Å². The molecule has 0 bridgehead atoms. The molecule has 2 aromatic rings. The Kier molecular flexibility index (Phi) is 4.66. The lowest BCUT2D eigenvalue weighted by Gasteiger charge is -2.25. The lowest BCUT2D eigenvalue weighted by molar-refractivity contribution is -0.385. The normalized spacial score (nSPS) is 13.1. The highest BCUT2D eigenvalue weighted by Crippen LogP contribution is 2.24. The fraction of sp³-hybridized carbons (Fsp3) is 0.357. The molecular weight excluding hydrogens is 290 g/mol. The highest BCUT2D eigenvalue weighted by atomic mass is 32.1. The predicted molar refractivity (Wildman–Crippen MR) is 81.2 cm³/mol. The summed E-state index contributed by atoms with van der Waals surface area (Å²) < 4.78 is 0. The van der Waals surface area contributed by atoms with E-state index in [2.05, 4.69) is 10.3 Å². The van der Waals surface area contributed by atoms with Crippen molar-refractivity contribution in [2.24, 2.45) is 0 Å². The minimum absolute atomic E-state index is 0.0225. The first kappa shape index (κ1) is 15.6. The minimum Gasteiger partial charge on any atom is -0.387 e. The molecule has 0 spiro atoms. The maximum absolute atomic E-state index is 10.7. The first-order valence-corrected chi connectivity index (χ1v) is 7.35. The number of aliphatic hydroxyl groups is 1. The fourth-order valence-electron chi connectivity index (χ4n) is 1.92. The molecule has 1 aromatic carbocycles. The molecule has 1 aromatic heterocycles. The highest BCUT2D eigenvalue weighted by Gasteiger charge is 2.24. The summed E-state index contributed by atoms with van der Waals surface area (Å²) in [5, 5.41) is 27.0. The SMILES string of the molecule is CC(C)(NCC(O)c1cccc([N+](=O)[O-])c1)c1nccs1.